The van der Waals surface area contributed by atoms with E-state index in [9.17, 15) is 4.57 Å². The van der Waals surface area contributed by atoms with Gasteiger partial charge in [0.15, 0.2) is 10.6 Å². The summed E-state index contributed by atoms with van der Waals surface area (Å²) in [5.41, 5.74) is 5.97. The summed E-state index contributed by atoms with van der Waals surface area (Å²) in [6.07, 6.45) is 0. The molecule has 3 aromatic carbocycles. The SMILES string of the molecule is N=C(N)c1ccccc1.O=[P+](c1ccccc1)c1ccccc1. The topological polar surface area (TPSA) is 66.9 Å². The molecule has 114 valence electrons. The smallest absolute Gasteiger partial charge is 0.384 e. The second kappa shape index (κ2) is 8.62. The van der Waals surface area contributed by atoms with E-state index in [1.54, 1.807) is 0 Å². The number of nitrogens with one attached hydrogen (secondary N) is 1. The number of amidine groups is 1. The second-order valence-electron chi connectivity index (χ2n) is 4.75. The average molecular weight is 321 g/mol. The van der Waals surface area contributed by atoms with Gasteiger partial charge in [0.05, 0.1) is 0 Å². The van der Waals surface area contributed by atoms with Crippen molar-refractivity contribution in [1.82, 2.24) is 0 Å². The molecule has 0 unspecified atom stereocenters. The summed E-state index contributed by atoms with van der Waals surface area (Å²) in [7, 11) is -1.42. The fourth-order valence-corrected chi connectivity index (χ4v) is 3.08. The number of benzene rings is 3. The predicted molar refractivity (Wildman–Crippen MR) is 97.2 cm³/mol. The highest BCUT2D eigenvalue weighted by atomic mass is 31.1. The lowest BCUT2D eigenvalue weighted by molar-refractivity contribution is 0.598. The van der Waals surface area contributed by atoms with Gasteiger partial charge in [0.2, 0.25) is 0 Å². The Kier molecular flexibility index (Phi) is 6.22. The van der Waals surface area contributed by atoms with Crippen LogP contribution < -0.4 is 16.3 Å². The zero-order chi connectivity index (χ0) is 16.5. The van der Waals surface area contributed by atoms with Crippen molar-refractivity contribution in [3.8, 4) is 0 Å². The van der Waals surface area contributed by atoms with E-state index in [0.717, 1.165) is 16.2 Å². The maximum Gasteiger partial charge on any atom is 0.415 e. The Morgan fingerprint density at radius 2 is 1.04 bits per heavy atom. The van der Waals surface area contributed by atoms with Crippen molar-refractivity contribution in [1.29, 1.82) is 5.41 Å². The highest BCUT2D eigenvalue weighted by Crippen LogP contribution is 2.18. The minimum absolute atomic E-state index is 0.121. The zero-order valence-corrected chi connectivity index (χ0v) is 13.5. The maximum absolute atomic E-state index is 12.0. The number of nitrogen functional groups attached to an aromatic ring is 1. The molecule has 0 saturated heterocycles. The molecule has 4 heteroatoms. The van der Waals surface area contributed by atoms with Gasteiger partial charge in [-0.25, -0.2) is 0 Å². The summed E-state index contributed by atoms with van der Waals surface area (Å²) in [5.74, 6) is 0.121. The minimum Gasteiger partial charge on any atom is -0.384 e. The fraction of sp³-hybridized carbons (Fsp3) is 0. The summed E-state index contributed by atoms with van der Waals surface area (Å²) in [5, 5.41) is 8.78. The molecule has 0 radical (unpaired) electrons. The molecule has 0 aliphatic carbocycles. The van der Waals surface area contributed by atoms with Crippen LogP contribution in [-0.2, 0) is 4.57 Å². The van der Waals surface area contributed by atoms with Gasteiger partial charge < -0.3 is 5.73 Å². The third-order valence-electron chi connectivity index (χ3n) is 3.07. The molecule has 0 saturated carbocycles. The summed E-state index contributed by atoms with van der Waals surface area (Å²) in [6, 6.07) is 28.3. The van der Waals surface area contributed by atoms with Gasteiger partial charge in [-0.3, -0.25) is 5.41 Å². The number of hydrogen-bond donors (Lipinski definition) is 2. The van der Waals surface area contributed by atoms with Gasteiger partial charge in [0, 0.05) is 5.56 Å². The van der Waals surface area contributed by atoms with Crippen LogP contribution in [0.3, 0.4) is 0 Å². The Balaban J connectivity index is 0.000000185. The molecule has 0 aliphatic rings. The molecule has 23 heavy (non-hydrogen) atoms. The van der Waals surface area contributed by atoms with Crippen LogP contribution in [0.15, 0.2) is 91.0 Å². The van der Waals surface area contributed by atoms with Crippen LogP contribution >= 0.6 is 7.80 Å². The van der Waals surface area contributed by atoms with E-state index in [1.807, 2.05) is 91.0 Å². The van der Waals surface area contributed by atoms with Crippen LogP contribution in [0.4, 0.5) is 0 Å². The molecule has 0 aliphatic heterocycles. The first kappa shape index (κ1) is 16.6. The monoisotopic (exact) mass is 321 g/mol. The summed E-state index contributed by atoms with van der Waals surface area (Å²) in [4.78, 5) is 0. The van der Waals surface area contributed by atoms with E-state index in [1.165, 1.54) is 0 Å². The standard InChI is InChI=1S/C12H10OP.C7H8N2/c13-14(11-7-3-1-4-8-11)12-9-5-2-6-10-12;8-7(9)6-4-2-1-3-5-6/h1-10H;1-5H,(H3,8,9)/q+1;. The molecule has 3 aromatic rings. The van der Waals surface area contributed by atoms with Crippen molar-refractivity contribution >= 4 is 24.2 Å². The first-order chi connectivity index (χ1) is 11.2. The van der Waals surface area contributed by atoms with Crippen LogP contribution in [0.2, 0.25) is 0 Å². The van der Waals surface area contributed by atoms with Crippen LogP contribution in [0.5, 0.6) is 0 Å². The average Bonchev–Trinajstić information content (AvgIpc) is 2.64. The van der Waals surface area contributed by atoms with Crippen molar-refractivity contribution in [2.45, 2.75) is 0 Å². The van der Waals surface area contributed by atoms with Gasteiger partial charge in [0.25, 0.3) is 0 Å². The molecular weight excluding hydrogens is 303 g/mol. The van der Waals surface area contributed by atoms with Gasteiger partial charge in [-0.1, -0.05) is 71.3 Å². The predicted octanol–water partition coefficient (Wildman–Crippen LogP) is 3.44. The lowest BCUT2D eigenvalue weighted by Gasteiger charge is -1.93. The van der Waals surface area contributed by atoms with Crippen LogP contribution in [0, 0.1) is 5.41 Å². The highest BCUT2D eigenvalue weighted by Gasteiger charge is 2.21. The molecule has 3 rings (SSSR count). The van der Waals surface area contributed by atoms with Crippen molar-refractivity contribution in [2.24, 2.45) is 5.73 Å². The van der Waals surface area contributed by atoms with Crippen LogP contribution in [-0.4, -0.2) is 5.84 Å². The normalized spacial score (nSPS) is 9.39. The van der Waals surface area contributed by atoms with Gasteiger partial charge in [-0.2, -0.15) is 0 Å². The van der Waals surface area contributed by atoms with E-state index in [4.69, 9.17) is 11.1 Å². The first-order valence-electron chi connectivity index (χ1n) is 7.15. The molecule has 0 heterocycles. The zero-order valence-electron chi connectivity index (χ0n) is 12.6. The summed E-state index contributed by atoms with van der Waals surface area (Å²) >= 11 is 0. The molecule has 0 aromatic heterocycles. The molecule has 0 bridgehead atoms. The molecule has 0 fully saturated rings. The summed E-state index contributed by atoms with van der Waals surface area (Å²) in [6.45, 7) is 0. The lowest BCUT2D eigenvalue weighted by atomic mass is 10.2. The highest BCUT2D eigenvalue weighted by molar-refractivity contribution is 7.61. The summed E-state index contributed by atoms with van der Waals surface area (Å²) < 4.78 is 12.0. The third-order valence-corrected chi connectivity index (χ3v) is 4.60. The second-order valence-corrected chi connectivity index (χ2v) is 6.37. The quantitative estimate of drug-likeness (QED) is 0.441. The Morgan fingerprint density at radius 1 is 0.696 bits per heavy atom. The van der Waals surface area contributed by atoms with Gasteiger partial charge >= 0.3 is 7.80 Å². The van der Waals surface area contributed by atoms with Crippen molar-refractivity contribution in [2.75, 3.05) is 0 Å². The Morgan fingerprint density at radius 3 is 1.35 bits per heavy atom. The Bertz CT molecular complexity index is 718. The van der Waals surface area contributed by atoms with E-state index >= 15 is 0 Å². The Labute approximate surface area is 137 Å². The lowest BCUT2D eigenvalue weighted by Crippen LogP contribution is -2.10. The van der Waals surface area contributed by atoms with E-state index in [0.29, 0.717) is 0 Å². The fourth-order valence-electron chi connectivity index (χ4n) is 1.89. The largest absolute Gasteiger partial charge is 0.415 e. The van der Waals surface area contributed by atoms with Crippen molar-refractivity contribution in [3.63, 3.8) is 0 Å². The molecular formula is C19H18N2OP+. The maximum atomic E-state index is 12.0. The van der Waals surface area contributed by atoms with Gasteiger partial charge in [0.1, 0.15) is 5.84 Å². The van der Waals surface area contributed by atoms with E-state index in [-0.39, 0.29) is 5.84 Å². The Hall–Kier alpha value is -2.77. The number of nitrogens with two attached hydrogens (primary N) is 1. The number of hydrogen-bond acceptors (Lipinski definition) is 2. The molecule has 3 N–H and O–H groups in total. The first-order valence-corrected chi connectivity index (χ1v) is 8.41. The molecule has 0 spiro atoms. The number of rotatable bonds is 3. The van der Waals surface area contributed by atoms with E-state index < -0.39 is 7.80 Å². The molecule has 0 amide bonds. The molecule has 0 atom stereocenters. The van der Waals surface area contributed by atoms with Crippen molar-refractivity contribution in [3.05, 3.63) is 96.6 Å². The molecule has 3 nitrogen and oxygen atoms in total. The van der Waals surface area contributed by atoms with E-state index in [2.05, 4.69) is 0 Å². The van der Waals surface area contributed by atoms with Crippen LogP contribution in [0.1, 0.15) is 5.56 Å². The van der Waals surface area contributed by atoms with Gasteiger partial charge in [-0.15, -0.1) is 0 Å². The minimum atomic E-state index is -1.42. The van der Waals surface area contributed by atoms with Crippen molar-refractivity contribution < 1.29 is 4.57 Å². The van der Waals surface area contributed by atoms with Gasteiger partial charge in [-0.05, 0) is 24.3 Å². The third kappa shape index (κ3) is 5.17. The van der Waals surface area contributed by atoms with Crippen LogP contribution in [0.25, 0.3) is 0 Å².